The van der Waals surface area contributed by atoms with Gasteiger partial charge < -0.3 is 15.2 Å². The first-order valence-corrected chi connectivity index (χ1v) is 8.76. The van der Waals surface area contributed by atoms with E-state index in [1.54, 1.807) is 45.0 Å². The van der Waals surface area contributed by atoms with E-state index < -0.39 is 33.3 Å². The monoisotopic (exact) mass is 343 g/mol. The highest BCUT2D eigenvalue weighted by atomic mass is 32.2. The van der Waals surface area contributed by atoms with E-state index in [2.05, 4.69) is 5.32 Å². The molecule has 0 aliphatic heterocycles. The summed E-state index contributed by atoms with van der Waals surface area (Å²) in [4.78, 5) is 22.0. The number of alkyl carbamates (subject to hydrolysis) is 1. The average Bonchev–Trinajstić information content (AvgIpc) is 2.33. The number of sulfone groups is 1. The summed E-state index contributed by atoms with van der Waals surface area (Å²) in [6, 6.07) is 6.52. The highest BCUT2D eigenvalue weighted by molar-refractivity contribution is 7.91. The molecule has 0 bridgehead atoms. The molecule has 23 heavy (non-hydrogen) atoms. The number of hydrogen-bond acceptors (Lipinski definition) is 5. The van der Waals surface area contributed by atoms with Crippen molar-refractivity contribution in [2.75, 3.05) is 5.75 Å². The minimum absolute atomic E-state index is 0.247. The van der Waals surface area contributed by atoms with Crippen LogP contribution in [0.1, 0.15) is 31.9 Å². The van der Waals surface area contributed by atoms with Crippen LogP contribution in [0.25, 0.3) is 0 Å². The van der Waals surface area contributed by atoms with Crippen molar-refractivity contribution in [2.24, 2.45) is 0 Å². The number of hydrogen-bond donors (Lipinski definition) is 2. The number of carboxylic acids is 1. The summed E-state index contributed by atoms with van der Waals surface area (Å²) in [7, 11) is -3.68. The maximum absolute atomic E-state index is 11.6. The van der Waals surface area contributed by atoms with E-state index in [9.17, 15) is 18.0 Å². The van der Waals surface area contributed by atoms with Gasteiger partial charge in [-0.1, -0.05) is 24.3 Å². The maximum atomic E-state index is 11.6. The van der Waals surface area contributed by atoms with Gasteiger partial charge in [0.2, 0.25) is 0 Å². The van der Waals surface area contributed by atoms with Crippen LogP contribution in [0.15, 0.2) is 24.3 Å². The zero-order chi connectivity index (χ0) is 17.7. The smallest absolute Gasteiger partial charge is 0.407 e. The third kappa shape index (κ3) is 8.20. The van der Waals surface area contributed by atoms with Crippen molar-refractivity contribution in [3.05, 3.63) is 35.4 Å². The van der Waals surface area contributed by atoms with Gasteiger partial charge >= 0.3 is 12.1 Å². The summed E-state index contributed by atoms with van der Waals surface area (Å²) in [5.74, 6) is -2.60. The van der Waals surface area contributed by atoms with Crippen molar-refractivity contribution < 1.29 is 27.9 Å². The first kappa shape index (κ1) is 19.0. The lowest BCUT2D eigenvalue weighted by Gasteiger charge is -2.19. The number of rotatable bonds is 6. The average molecular weight is 343 g/mol. The summed E-state index contributed by atoms with van der Waals surface area (Å²) in [6.45, 7) is 5.54. The molecule has 0 fully saturated rings. The lowest BCUT2D eigenvalue weighted by Crippen LogP contribution is -2.32. The Labute approximate surface area is 135 Å². The van der Waals surface area contributed by atoms with Gasteiger partial charge in [0.25, 0.3) is 0 Å². The number of aliphatic carboxylic acids is 1. The van der Waals surface area contributed by atoms with Crippen molar-refractivity contribution in [1.29, 1.82) is 0 Å². The van der Waals surface area contributed by atoms with E-state index in [0.29, 0.717) is 5.56 Å². The van der Waals surface area contributed by atoms with Crippen LogP contribution in [0, 0.1) is 0 Å². The largest absolute Gasteiger partial charge is 0.480 e. The Kier molecular flexibility index (Phi) is 6.14. The van der Waals surface area contributed by atoms with E-state index in [1.165, 1.54) is 0 Å². The van der Waals surface area contributed by atoms with Crippen molar-refractivity contribution in [1.82, 2.24) is 5.32 Å². The fraction of sp³-hybridized carbons (Fsp3) is 0.467. The van der Waals surface area contributed by atoms with Gasteiger partial charge in [-0.05, 0) is 31.9 Å². The van der Waals surface area contributed by atoms with Gasteiger partial charge in [0, 0.05) is 6.54 Å². The van der Waals surface area contributed by atoms with Crippen LogP contribution in [0.5, 0.6) is 0 Å². The fourth-order valence-corrected chi connectivity index (χ4v) is 2.91. The molecule has 0 atom stereocenters. The summed E-state index contributed by atoms with van der Waals surface area (Å²) in [5, 5.41) is 11.1. The van der Waals surface area contributed by atoms with E-state index in [4.69, 9.17) is 9.84 Å². The molecule has 0 aliphatic rings. The molecule has 1 amide bonds. The molecule has 1 aromatic rings. The van der Waals surface area contributed by atoms with Gasteiger partial charge in [-0.3, -0.25) is 4.79 Å². The summed E-state index contributed by atoms with van der Waals surface area (Å²) >= 11 is 0. The highest BCUT2D eigenvalue weighted by Gasteiger charge is 2.17. The normalized spacial score (nSPS) is 11.8. The Bertz CT molecular complexity index is 658. The number of carbonyl (C=O) groups excluding carboxylic acids is 1. The van der Waals surface area contributed by atoms with Crippen LogP contribution in [-0.2, 0) is 31.7 Å². The molecule has 128 valence electrons. The summed E-state index contributed by atoms with van der Waals surface area (Å²) in [6.07, 6.45) is -0.536. The molecule has 8 heteroatoms. The molecule has 0 saturated heterocycles. The van der Waals surface area contributed by atoms with Gasteiger partial charge in [0.15, 0.2) is 9.84 Å². The topological polar surface area (TPSA) is 110 Å². The summed E-state index contributed by atoms with van der Waals surface area (Å²) in [5.41, 5.74) is 0.689. The van der Waals surface area contributed by atoms with Crippen LogP contribution in [0.4, 0.5) is 4.79 Å². The van der Waals surface area contributed by atoms with Crippen molar-refractivity contribution >= 4 is 21.9 Å². The van der Waals surface area contributed by atoms with Gasteiger partial charge in [-0.15, -0.1) is 0 Å². The molecule has 0 aromatic heterocycles. The molecule has 7 nitrogen and oxygen atoms in total. The number of carbonyl (C=O) groups is 2. The molecule has 0 radical (unpaired) electrons. The molecule has 0 heterocycles. The predicted octanol–water partition coefficient (Wildman–Crippen LogP) is 1.71. The molecule has 0 unspecified atom stereocenters. The van der Waals surface area contributed by atoms with E-state index >= 15 is 0 Å². The fourth-order valence-electron chi connectivity index (χ4n) is 1.73. The molecule has 1 aromatic carbocycles. The first-order chi connectivity index (χ1) is 10.5. The second-order valence-electron chi connectivity index (χ2n) is 6.10. The van der Waals surface area contributed by atoms with Gasteiger partial charge in [-0.2, -0.15) is 0 Å². The minimum Gasteiger partial charge on any atom is -0.480 e. The van der Waals surface area contributed by atoms with Crippen molar-refractivity contribution in [2.45, 2.75) is 38.7 Å². The number of nitrogens with one attached hydrogen (secondary N) is 1. The van der Waals surface area contributed by atoms with E-state index in [0.717, 1.165) is 5.56 Å². The molecule has 2 N–H and O–H groups in total. The Morgan fingerprint density at radius 2 is 1.65 bits per heavy atom. The third-order valence-corrected chi connectivity index (χ3v) is 4.05. The second-order valence-corrected chi connectivity index (χ2v) is 8.16. The first-order valence-electron chi connectivity index (χ1n) is 6.94. The minimum atomic E-state index is -3.68. The van der Waals surface area contributed by atoms with Gasteiger partial charge in [0.05, 0.1) is 5.75 Å². The molecular formula is C15H21NO6S. The second kappa shape index (κ2) is 7.45. The standard InChI is InChI=1S/C15H21NO6S/c1-15(2,3)22-14(19)16-8-11-4-6-12(7-5-11)9-23(20,21)10-13(17)18/h4-7H,8-10H2,1-3H3,(H,16,19)(H,17,18). The Morgan fingerprint density at radius 3 is 2.13 bits per heavy atom. The quantitative estimate of drug-likeness (QED) is 0.814. The van der Waals surface area contributed by atoms with E-state index in [-0.39, 0.29) is 12.3 Å². The Morgan fingerprint density at radius 1 is 1.13 bits per heavy atom. The van der Waals surface area contributed by atoms with Crippen LogP contribution >= 0.6 is 0 Å². The third-order valence-electron chi connectivity index (χ3n) is 2.59. The molecule has 1 rings (SSSR count). The molecule has 0 spiro atoms. The van der Waals surface area contributed by atoms with Crippen LogP contribution in [0.3, 0.4) is 0 Å². The zero-order valence-electron chi connectivity index (χ0n) is 13.3. The Hall–Kier alpha value is -2.09. The number of carboxylic acid groups (broad SMARTS) is 1. The number of amides is 1. The predicted molar refractivity (Wildman–Crippen MR) is 84.6 cm³/mol. The number of benzene rings is 1. The van der Waals surface area contributed by atoms with Gasteiger partial charge in [0.1, 0.15) is 11.4 Å². The zero-order valence-corrected chi connectivity index (χ0v) is 14.1. The molecular weight excluding hydrogens is 322 g/mol. The van der Waals surface area contributed by atoms with Crippen molar-refractivity contribution in [3.63, 3.8) is 0 Å². The van der Waals surface area contributed by atoms with E-state index in [1.807, 2.05) is 0 Å². The lowest BCUT2D eigenvalue weighted by molar-refractivity contribution is -0.134. The van der Waals surface area contributed by atoms with Crippen LogP contribution < -0.4 is 5.32 Å². The molecule has 0 aliphatic carbocycles. The highest BCUT2D eigenvalue weighted by Crippen LogP contribution is 2.10. The van der Waals surface area contributed by atoms with Crippen LogP contribution in [0.2, 0.25) is 0 Å². The Balaban J connectivity index is 2.57. The lowest BCUT2D eigenvalue weighted by atomic mass is 10.1. The summed E-state index contributed by atoms with van der Waals surface area (Å²) < 4.78 is 28.3. The molecule has 0 saturated carbocycles. The SMILES string of the molecule is CC(C)(C)OC(=O)NCc1ccc(CS(=O)(=O)CC(=O)O)cc1. The van der Waals surface area contributed by atoms with Gasteiger partial charge in [-0.25, -0.2) is 13.2 Å². The maximum Gasteiger partial charge on any atom is 0.407 e. The van der Waals surface area contributed by atoms with Crippen LogP contribution in [-0.4, -0.2) is 36.9 Å². The van der Waals surface area contributed by atoms with Crippen molar-refractivity contribution in [3.8, 4) is 0 Å². The number of ether oxygens (including phenoxy) is 1.